The molecule has 2 aliphatic heterocycles. The molecule has 0 spiro atoms. The maximum Gasteiger partial charge on any atom is 0.170 e. The number of fused-ring (bicyclic) bond motifs is 2. The van der Waals surface area contributed by atoms with E-state index in [-0.39, 0.29) is 28.9 Å². The first-order valence-corrected chi connectivity index (χ1v) is 11.9. The van der Waals surface area contributed by atoms with Crippen LogP contribution in [0, 0.1) is 5.82 Å². The van der Waals surface area contributed by atoms with Gasteiger partial charge in [0.25, 0.3) is 0 Å². The molecule has 3 atom stereocenters. The van der Waals surface area contributed by atoms with Crippen LogP contribution >= 0.6 is 0 Å². The van der Waals surface area contributed by atoms with Crippen molar-refractivity contribution in [1.82, 2.24) is 0 Å². The monoisotopic (exact) mass is 421 g/mol. The van der Waals surface area contributed by atoms with E-state index in [1.54, 1.807) is 12.1 Å². The normalized spacial score (nSPS) is 25.0. The van der Waals surface area contributed by atoms with Gasteiger partial charge in [0.1, 0.15) is 5.60 Å². The van der Waals surface area contributed by atoms with E-state index in [0.717, 1.165) is 30.6 Å². The fourth-order valence-electron chi connectivity index (χ4n) is 4.74. The zero-order valence-corrected chi connectivity index (χ0v) is 17.9. The molecule has 3 unspecified atom stereocenters. The van der Waals surface area contributed by atoms with Crippen molar-refractivity contribution in [2.75, 3.05) is 0 Å². The molecular formula is C26H26FO2S+. The third-order valence-electron chi connectivity index (χ3n) is 6.28. The van der Waals surface area contributed by atoms with E-state index in [0.29, 0.717) is 5.75 Å². The summed E-state index contributed by atoms with van der Waals surface area (Å²) in [6.45, 7) is 2.11. The fourth-order valence-corrected chi connectivity index (χ4v) is 6.84. The molecule has 0 aromatic heterocycles. The number of hydrogen-bond acceptors (Lipinski definition) is 2. The Morgan fingerprint density at radius 3 is 2.10 bits per heavy atom. The summed E-state index contributed by atoms with van der Waals surface area (Å²) >= 11 is 0. The SMILES string of the molecule is CCC1(Oc2ccc([S+](c3ccccc3)c3ccccc3)cc2F)CC2CCC1O2. The molecule has 2 heterocycles. The van der Waals surface area contributed by atoms with Crippen LogP contribution in [0.25, 0.3) is 0 Å². The van der Waals surface area contributed by atoms with Gasteiger partial charge in [-0.1, -0.05) is 43.3 Å². The van der Waals surface area contributed by atoms with E-state index in [9.17, 15) is 0 Å². The van der Waals surface area contributed by atoms with Gasteiger partial charge in [-0.15, -0.1) is 0 Å². The summed E-state index contributed by atoms with van der Waals surface area (Å²) in [7, 11) is -0.371. The zero-order valence-electron chi connectivity index (χ0n) is 17.1. The molecule has 0 N–H and O–H groups in total. The summed E-state index contributed by atoms with van der Waals surface area (Å²) in [6, 6.07) is 26.1. The Balaban J connectivity index is 1.48. The van der Waals surface area contributed by atoms with Gasteiger partial charge in [0.05, 0.1) is 23.1 Å². The summed E-state index contributed by atoms with van der Waals surface area (Å²) in [6.07, 6.45) is 4.12. The van der Waals surface area contributed by atoms with Crippen LogP contribution in [0.2, 0.25) is 0 Å². The van der Waals surface area contributed by atoms with Gasteiger partial charge in [0.15, 0.2) is 26.3 Å². The Hall–Kier alpha value is -2.30. The Morgan fingerprint density at radius 1 is 0.933 bits per heavy atom. The molecule has 0 aliphatic carbocycles. The summed E-state index contributed by atoms with van der Waals surface area (Å²) in [5.41, 5.74) is -0.397. The van der Waals surface area contributed by atoms with Crippen molar-refractivity contribution in [3.05, 3.63) is 84.7 Å². The maximum absolute atomic E-state index is 15.3. The molecule has 2 bridgehead atoms. The van der Waals surface area contributed by atoms with Crippen molar-refractivity contribution in [3.8, 4) is 5.75 Å². The van der Waals surface area contributed by atoms with Crippen molar-refractivity contribution < 1.29 is 13.9 Å². The van der Waals surface area contributed by atoms with Crippen LogP contribution in [-0.4, -0.2) is 17.8 Å². The molecule has 5 rings (SSSR count). The van der Waals surface area contributed by atoms with Gasteiger partial charge in [0.2, 0.25) is 0 Å². The molecule has 2 fully saturated rings. The van der Waals surface area contributed by atoms with Gasteiger partial charge in [0, 0.05) is 12.5 Å². The molecule has 2 nitrogen and oxygen atoms in total. The Labute approximate surface area is 180 Å². The van der Waals surface area contributed by atoms with Crippen LogP contribution in [0.5, 0.6) is 5.75 Å². The van der Waals surface area contributed by atoms with Crippen LogP contribution in [0.15, 0.2) is 93.5 Å². The van der Waals surface area contributed by atoms with Gasteiger partial charge in [-0.25, -0.2) is 4.39 Å². The van der Waals surface area contributed by atoms with Gasteiger partial charge in [-0.2, -0.15) is 0 Å². The minimum absolute atomic E-state index is 0.0786. The fraction of sp³-hybridized carbons (Fsp3) is 0.308. The summed E-state index contributed by atoms with van der Waals surface area (Å²) < 4.78 is 27.6. The average Bonchev–Trinajstić information content (AvgIpc) is 3.39. The van der Waals surface area contributed by atoms with E-state index < -0.39 is 5.60 Å². The average molecular weight is 422 g/mol. The molecule has 0 saturated carbocycles. The highest BCUT2D eigenvalue weighted by Crippen LogP contribution is 2.46. The van der Waals surface area contributed by atoms with Crippen LogP contribution in [0.1, 0.15) is 32.6 Å². The molecular weight excluding hydrogens is 395 g/mol. The lowest BCUT2D eigenvalue weighted by Crippen LogP contribution is -2.45. The van der Waals surface area contributed by atoms with Crippen molar-refractivity contribution in [2.24, 2.45) is 0 Å². The highest BCUT2D eigenvalue weighted by molar-refractivity contribution is 7.97. The molecule has 30 heavy (non-hydrogen) atoms. The molecule has 2 aliphatic rings. The molecule has 3 aromatic rings. The van der Waals surface area contributed by atoms with Gasteiger partial charge in [-0.3, -0.25) is 0 Å². The topological polar surface area (TPSA) is 18.5 Å². The molecule has 4 heteroatoms. The lowest BCUT2D eigenvalue weighted by Gasteiger charge is -2.35. The second-order valence-corrected chi connectivity index (χ2v) is 10.1. The van der Waals surface area contributed by atoms with Crippen molar-refractivity contribution in [1.29, 1.82) is 0 Å². The van der Waals surface area contributed by atoms with Gasteiger partial charge < -0.3 is 9.47 Å². The predicted octanol–water partition coefficient (Wildman–Crippen LogP) is 6.40. The van der Waals surface area contributed by atoms with Gasteiger partial charge >= 0.3 is 0 Å². The standard InChI is InChI=1S/C26H26FO2S/c1-2-26(18-19-13-16-25(26)28-19)29-24-15-14-22(17-23(24)27)30(20-9-5-3-6-10-20)21-11-7-4-8-12-21/h3-12,14-15,17,19,25H,2,13,16,18H2,1H3/q+1. The van der Waals surface area contributed by atoms with E-state index in [1.807, 2.05) is 42.5 Å². The molecule has 3 aromatic carbocycles. The maximum atomic E-state index is 15.3. The molecule has 2 saturated heterocycles. The van der Waals surface area contributed by atoms with Crippen molar-refractivity contribution in [2.45, 2.75) is 65.1 Å². The number of halogens is 1. The summed E-state index contributed by atoms with van der Waals surface area (Å²) in [5, 5.41) is 0. The second-order valence-electron chi connectivity index (χ2n) is 8.07. The molecule has 0 radical (unpaired) electrons. The van der Waals surface area contributed by atoms with E-state index in [1.165, 1.54) is 9.79 Å². The number of hydrogen-bond donors (Lipinski definition) is 0. The second kappa shape index (κ2) is 8.09. The highest BCUT2D eigenvalue weighted by Gasteiger charge is 2.53. The molecule has 154 valence electrons. The lowest BCUT2D eigenvalue weighted by atomic mass is 9.82. The first kappa shape index (κ1) is 19.7. The predicted molar refractivity (Wildman–Crippen MR) is 118 cm³/mol. The van der Waals surface area contributed by atoms with Crippen LogP contribution < -0.4 is 4.74 Å². The Kier molecular flexibility index (Phi) is 5.30. The van der Waals surface area contributed by atoms with Crippen molar-refractivity contribution >= 4 is 10.9 Å². The largest absolute Gasteiger partial charge is 0.481 e. The number of rotatable bonds is 6. The third kappa shape index (κ3) is 3.52. The highest BCUT2D eigenvalue weighted by atomic mass is 32.2. The minimum atomic E-state index is -0.397. The smallest absolute Gasteiger partial charge is 0.170 e. The van der Waals surface area contributed by atoms with Gasteiger partial charge in [-0.05, 0) is 55.7 Å². The van der Waals surface area contributed by atoms with Crippen LogP contribution in [0.3, 0.4) is 0 Å². The minimum Gasteiger partial charge on any atom is -0.481 e. The molecule has 0 amide bonds. The van der Waals surface area contributed by atoms with Crippen LogP contribution in [-0.2, 0) is 15.6 Å². The number of benzene rings is 3. The third-order valence-corrected chi connectivity index (χ3v) is 8.49. The van der Waals surface area contributed by atoms with E-state index in [2.05, 4.69) is 31.2 Å². The van der Waals surface area contributed by atoms with Crippen molar-refractivity contribution in [3.63, 3.8) is 0 Å². The quantitative estimate of drug-likeness (QED) is 0.429. The first-order valence-electron chi connectivity index (χ1n) is 10.7. The summed E-state index contributed by atoms with van der Waals surface area (Å²) in [4.78, 5) is 3.29. The summed E-state index contributed by atoms with van der Waals surface area (Å²) in [5.74, 6) is 0.0360. The number of ether oxygens (including phenoxy) is 2. The first-order chi connectivity index (χ1) is 14.7. The Morgan fingerprint density at radius 2 is 1.60 bits per heavy atom. The van der Waals surface area contributed by atoms with E-state index in [4.69, 9.17) is 9.47 Å². The Bertz CT molecular complexity index is 971. The lowest BCUT2D eigenvalue weighted by molar-refractivity contribution is -0.0136. The van der Waals surface area contributed by atoms with E-state index >= 15 is 4.39 Å². The zero-order chi connectivity index (χ0) is 20.6. The van der Waals surface area contributed by atoms with Crippen LogP contribution in [0.4, 0.5) is 4.39 Å².